The average Bonchev–Trinajstić information content (AvgIpc) is 2.88. The van der Waals surface area contributed by atoms with Gasteiger partial charge in [-0.05, 0) is 49.2 Å². The fourth-order valence-electron chi connectivity index (χ4n) is 3.72. The number of hydrogen-bond acceptors (Lipinski definition) is 5. The SMILES string of the molecule is COc1ccc(CNC(=O)[C@@H](C)Sc2nc3ccccc3c(=O)n2[C@H](C)c2ccccc2)cc1. The molecule has 0 aliphatic carbocycles. The number of carbonyl (C=O) groups is 1. The van der Waals surface area contributed by atoms with Gasteiger partial charge in [0.15, 0.2) is 5.16 Å². The first kappa shape index (κ1) is 23.6. The highest BCUT2D eigenvalue weighted by Crippen LogP contribution is 2.27. The highest BCUT2D eigenvalue weighted by atomic mass is 32.2. The van der Waals surface area contributed by atoms with Crippen LogP contribution in [0.25, 0.3) is 10.9 Å². The van der Waals surface area contributed by atoms with Crippen LogP contribution >= 0.6 is 11.8 Å². The molecule has 6 nitrogen and oxygen atoms in total. The number of fused-ring (bicyclic) bond motifs is 1. The number of rotatable bonds is 8. The first-order valence-corrected chi connectivity index (χ1v) is 12.0. The molecule has 0 radical (unpaired) electrons. The van der Waals surface area contributed by atoms with Gasteiger partial charge in [0.05, 0.1) is 29.3 Å². The molecule has 2 atom stereocenters. The molecule has 34 heavy (non-hydrogen) atoms. The number of thioether (sulfide) groups is 1. The molecule has 4 rings (SSSR count). The highest BCUT2D eigenvalue weighted by molar-refractivity contribution is 8.00. The zero-order chi connectivity index (χ0) is 24.1. The van der Waals surface area contributed by atoms with Crippen LogP contribution in [0, 0.1) is 0 Å². The molecular weight excluding hydrogens is 446 g/mol. The number of amides is 1. The first-order valence-electron chi connectivity index (χ1n) is 11.1. The Bertz CT molecular complexity index is 1340. The quantitative estimate of drug-likeness (QED) is 0.294. The average molecular weight is 474 g/mol. The van der Waals surface area contributed by atoms with Crippen molar-refractivity contribution < 1.29 is 9.53 Å². The topological polar surface area (TPSA) is 73.2 Å². The van der Waals surface area contributed by atoms with Crippen molar-refractivity contribution >= 4 is 28.6 Å². The van der Waals surface area contributed by atoms with E-state index in [4.69, 9.17) is 9.72 Å². The molecule has 1 aromatic heterocycles. The number of carbonyl (C=O) groups excluding carboxylic acids is 1. The molecule has 7 heteroatoms. The number of methoxy groups -OCH3 is 1. The van der Waals surface area contributed by atoms with E-state index in [-0.39, 0.29) is 17.5 Å². The number of benzene rings is 3. The maximum atomic E-state index is 13.5. The minimum absolute atomic E-state index is 0.115. The van der Waals surface area contributed by atoms with Crippen molar-refractivity contribution in [1.82, 2.24) is 14.9 Å². The Kier molecular flexibility index (Phi) is 7.33. The molecule has 0 aliphatic heterocycles. The predicted molar refractivity (Wildman–Crippen MR) is 136 cm³/mol. The Morgan fingerprint density at radius 2 is 1.68 bits per heavy atom. The molecule has 1 amide bonds. The summed E-state index contributed by atoms with van der Waals surface area (Å²) >= 11 is 1.29. The van der Waals surface area contributed by atoms with Gasteiger partial charge in [-0.25, -0.2) is 4.98 Å². The summed E-state index contributed by atoms with van der Waals surface area (Å²) < 4.78 is 6.87. The van der Waals surface area contributed by atoms with Crippen LogP contribution in [0.15, 0.2) is 88.8 Å². The second-order valence-corrected chi connectivity index (χ2v) is 9.31. The molecule has 0 saturated carbocycles. The zero-order valence-electron chi connectivity index (χ0n) is 19.4. The van der Waals surface area contributed by atoms with Crippen LogP contribution in [0.1, 0.15) is 31.0 Å². The highest BCUT2D eigenvalue weighted by Gasteiger charge is 2.22. The third-order valence-electron chi connectivity index (χ3n) is 5.72. The maximum absolute atomic E-state index is 13.5. The van der Waals surface area contributed by atoms with Gasteiger partial charge in [-0.1, -0.05) is 66.4 Å². The van der Waals surface area contributed by atoms with Crippen LogP contribution in [0.2, 0.25) is 0 Å². The lowest BCUT2D eigenvalue weighted by Gasteiger charge is -2.21. The maximum Gasteiger partial charge on any atom is 0.262 e. The largest absolute Gasteiger partial charge is 0.497 e. The van der Waals surface area contributed by atoms with Crippen LogP contribution in [-0.2, 0) is 11.3 Å². The Morgan fingerprint density at radius 1 is 1.00 bits per heavy atom. The zero-order valence-corrected chi connectivity index (χ0v) is 20.2. The van der Waals surface area contributed by atoms with E-state index in [9.17, 15) is 9.59 Å². The van der Waals surface area contributed by atoms with E-state index in [1.165, 1.54) is 11.8 Å². The summed E-state index contributed by atoms with van der Waals surface area (Å²) in [5, 5.41) is 3.61. The second kappa shape index (κ2) is 10.6. The fourth-order valence-corrected chi connectivity index (χ4v) is 4.73. The van der Waals surface area contributed by atoms with Gasteiger partial charge in [-0.2, -0.15) is 0 Å². The van der Waals surface area contributed by atoms with Crippen LogP contribution in [0.5, 0.6) is 5.75 Å². The van der Waals surface area contributed by atoms with Gasteiger partial charge in [0, 0.05) is 6.54 Å². The number of nitrogens with one attached hydrogen (secondary N) is 1. The third-order valence-corrected chi connectivity index (χ3v) is 6.79. The molecule has 0 unspecified atom stereocenters. The van der Waals surface area contributed by atoms with E-state index in [1.54, 1.807) is 17.7 Å². The fraction of sp³-hybridized carbons (Fsp3) is 0.222. The molecule has 0 aliphatic rings. The predicted octanol–water partition coefficient (Wildman–Crippen LogP) is 4.81. The lowest BCUT2D eigenvalue weighted by Crippen LogP contribution is -2.32. The number of hydrogen-bond donors (Lipinski definition) is 1. The molecule has 0 bridgehead atoms. The second-order valence-electron chi connectivity index (χ2n) is 8.00. The van der Waals surface area contributed by atoms with Gasteiger partial charge in [-0.3, -0.25) is 14.2 Å². The summed E-state index contributed by atoms with van der Waals surface area (Å²) in [6, 6.07) is 24.5. The molecule has 174 valence electrons. The third kappa shape index (κ3) is 5.15. The molecule has 1 heterocycles. The lowest BCUT2D eigenvalue weighted by atomic mass is 10.1. The van der Waals surface area contributed by atoms with Gasteiger partial charge in [0.2, 0.25) is 5.91 Å². The van der Waals surface area contributed by atoms with Gasteiger partial charge >= 0.3 is 0 Å². The van der Waals surface area contributed by atoms with Crippen molar-refractivity contribution in [1.29, 1.82) is 0 Å². The summed E-state index contributed by atoms with van der Waals surface area (Å²) in [5.41, 5.74) is 2.48. The van der Waals surface area contributed by atoms with Crippen molar-refractivity contribution in [2.24, 2.45) is 0 Å². The van der Waals surface area contributed by atoms with Gasteiger partial charge in [0.25, 0.3) is 5.56 Å². The van der Waals surface area contributed by atoms with Crippen LogP contribution in [-0.4, -0.2) is 27.8 Å². The number of aromatic nitrogens is 2. The molecule has 1 N–H and O–H groups in total. The Balaban J connectivity index is 1.59. The van der Waals surface area contributed by atoms with E-state index in [1.807, 2.05) is 86.6 Å². The van der Waals surface area contributed by atoms with Gasteiger partial charge in [0.1, 0.15) is 5.75 Å². The Morgan fingerprint density at radius 3 is 2.38 bits per heavy atom. The minimum atomic E-state index is -0.444. The van der Waals surface area contributed by atoms with Crippen molar-refractivity contribution in [3.05, 3.63) is 100 Å². The van der Waals surface area contributed by atoms with Crippen LogP contribution in [0.3, 0.4) is 0 Å². The van der Waals surface area contributed by atoms with Crippen molar-refractivity contribution in [3.63, 3.8) is 0 Å². The summed E-state index contributed by atoms with van der Waals surface area (Å²) in [7, 11) is 1.62. The molecule has 3 aromatic carbocycles. The lowest BCUT2D eigenvalue weighted by molar-refractivity contribution is -0.120. The van der Waals surface area contributed by atoms with Crippen LogP contribution in [0.4, 0.5) is 0 Å². The number of nitrogens with zero attached hydrogens (tertiary/aromatic N) is 2. The minimum Gasteiger partial charge on any atom is -0.497 e. The Hall–Kier alpha value is -3.58. The summed E-state index contributed by atoms with van der Waals surface area (Å²) in [5.74, 6) is 0.647. The van der Waals surface area contributed by atoms with E-state index >= 15 is 0 Å². The van der Waals surface area contributed by atoms with Gasteiger partial charge < -0.3 is 10.1 Å². The standard InChI is InChI=1S/C27H27N3O3S/c1-18(21-9-5-4-6-10-21)30-26(32)23-11-7-8-12-24(23)29-27(30)34-19(2)25(31)28-17-20-13-15-22(33-3)16-14-20/h4-16,18-19H,17H2,1-3H3,(H,28,31)/t18-,19-/m1/s1. The van der Waals surface area contributed by atoms with E-state index in [2.05, 4.69) is 5.32 Å². The summed E-state index contributed by atoms with van der Waals surface area (Å²) in [6.45, 7) is 4.21. The molecule has 0 saturated heterocycles. The van der Waals surface area contributed by atoms with Crippen molar-refractivity contribution in [3.8, 4) is 5.75 Å². The Labute approximate surface area is 203 Å². The van der Waals surface area contributed by atoms with E-state index < -0.39 is 5.25 Å². The monoisotopic (exact) mass is 473 g/mol. The molecule has 0 spiro atoms. The van der Waals surface area contributed by atoms with Gasteiger partial charge in [-0.15, -0.1) is 0 Å². The number of para-hydroxylation sites is 1. The molecule has 0 fully saturated rings. The summed E-state index contributed by atoms with van der Waals surface area (Å²) in [6.07, 6.45) is 0. The molecule has 4 aromatic rings. The smallest absolute Gasteiger partial charge is 0.262 e. The molecular formula is C27H27N3O3S. The van der Waals surface area contributed by atoms with E-state index in [0.29, 0.717) is 22.6 Å². The van der Waals surface area contributed by atoms with Crippen molar-refractivity contribution in [2.45, 2.75) is 36.8 Å². The van der Waals surface area contributed by atoms with Crippen molar-refractivity contribution in [2.75, 3.05) is 7.11 Å². The summed E-state index contributed by atoms with van der Waals surface area (Å²) in [4.78, 5) is 31.1. The van der Waals surface area contributed by atoms with E-state index in [0.717, 1.165) is 16.9 Å². The first-order chi connectivity index (χ1) is 16.5. The number of ether oxygens (including phenoxy) is 1. The van der Waals surface area contributed by atoms with Crippen LogP contribution < -0.4 is 15.6 Å². The normalized spacial score (nSPS) is 12.8.